The summed E-state index contributed by atoms with van der Waals surface area (Å²) in [5.74, 6) is 1.09. The Morgan fingerprint density at radius 3 is 2.62 bits per heavy atom. The van der Waals surface area contributed by atoms with Crippen molar-refractivity contribution in [2.24, 2.45) is 5.73 Å². The summed E-state index contributed by atoms with van der Waals surface area (Å²) < 4.78 is 10.9. The summed E-state index contributed by atoms with van der Waals surface area (Å²) in [6, 6.07) is 18.5. The lowest BCUT2D eigenvalue weighted by Crippen LogP contribution is -2.54. The van der Waals surface area contributed by atoms with Crippen molar-refractivity contribution < 1.29 is 14.3 Å². The number of carbonyl (C=O) groups excluding carboxylic acids is 1. The SMILES string of the molecule is NC1(c2ccc(-c3cccc(NC(=O)N[C@H]4CCOc5c(Cl)cccc54)n3)cc2)COC1. The molecule has 0 spiro atoms. The van der Waals surface area contributed by atoms with Gasteiger partial charge < -0.3 is 20.5 Å². The number of urea groups is 1. The molecule has 2 aromatic carbocycles. The Hall–Kier alpha value is -3.13. The van der Waals surface area contributed by atoms with Crippen molar-refractivity contribution >= 4 is 23.4 Å². The van der Waals surface area contributed by atoms with Gasteiger partial charge in [-0.15, -0.1) is 0 Å². The summed E-state index contributed by atoms with van der Waals surface area (Å²) in [4.78, 5) is 17.2. The number of hydrogen-bond donors (Lipinski definition) is 3. The molecule has 32 heavy (non-hydrogen) atoms. The quantitative estimate of drug-likeness (QED) is 0.552. The fraction of sp³-hybridized carbons (Fsp3) is 0.250. The van der Waals surface area contributed by atoms with Gasteiger partial charge in [-0.25, -0.2) is 9.78 Å². The van der Waals surface area contributed by atoms with E-state index >= 15 is 0 Å². The Labute approximate surface area is 190 Å². The molecule has 8 heteroatoms. The third-order valence-corrected chi connectivity index (χ3v) is 6.09. The largest absolute Gasteiger partial charge is 0.492 e. The average molecular weight is 451 g/mol. The first-order chi connectivity index (χ1) is 15.5. The van der Waals surface area contributed by atoms with Gasteiger partial charge in [-0.2, -0.15) is 0 Å². The highest BCUT2D eigenvalue weighted by atomic mass is 35.5. The number of ether oxygens (including phenoxy) is 2. The first-order valence-corrected chi connectivity index (χ1v) is 10.8. The Bertz CT molecular complexity index is 1150. The second-order valence-corrected chi connectivity index (χ2v) is 8.49. The minimum Gasteiger partial charge on any atom is -0.492 e. The maximum absolute atomic E-state index is 12.7. The van der Waals surface area contributed by atoms with Crippen molar-refractivity contribution in [3.8, 4) is 17.0 Å². The number of amides is 2. The Kier molecular flexibility index (Phi) is 5.46. The highest BCUT2D eigenvalue weighted by molar-refractivity contribution is 6.32. The van der Waals surface area contributed by atoms with Crippen LogP contribution in [0.3, 0.4) is 0 Å². The maximum atomic E-state index is 12.7. The molecule has 0 radical (unpaired) electrons. The number of para-hydroxylation sites is 1. The summed E-state index contributed by atoms with van der Waals surface area (Å²) >= 11 is 6.22. The van der Waals surface area contributed by atoms with Crippen LogP contribution in [0, 0.1) is 0 Å². The zero-order chi connectivity index (χ0) is 22.1. The molecular weight excluding hydrogens is 428 g/mol. The minimum absolute atomic E-state index is 0.188. The number of aromatic nitrogens is 1. The third-order valence-electron chi connectivity index (χ3n) is 5.80. The van der Waals surface area contributed by atoms with Gasteiger partial charge in [0, 0.05) is 17.5 Å². The molecule has 7 nitrogen and oxygen atoms in total. The van der Waals surface area contributed by atoms with Crippen LogP contribution >= 0.6 is 11.6 Å². The number of nitrogens with zero attached hydrogens (tertiary/aromatic N) is 1. The highest BCUT2D eigenvalue weighted by Gasteiger charge is 2.35. The number of anilines is 1. The smallest absolute Gasteiger partial charge is 0.320 e. The molecule has 2 amide bonds. The summed E-state index contributed by atoms with van der Waals surface area (Å²) in [6.45, 7) is 1.55. The fourth-order valence-corrected chi connectivity index (χ4v) is 4.21. The molecule has 0 unspecified atom stereocenters. The van der Waals surface area contributed by atoms with E-state index < -0.39 is 5.54 Å². The highest BCUT2D eigenvalue weighted by Crippen LogP contribution is 2.37. The van der Waals surface area contributed by atoms with E-state index in [1.165, 1.54) is 0 Å². The van der Waals surface area contributed by atoms with Gasteiger partial charge in [-0.05, 0) is 23.8 Å². The van der Waals surface area contributed by atoms with Crippen LogP contribution in [0.5, 0.6) is 5.75 Å². The zero-order valence-electron chi connectivity index (χ0n) is 17.3. The Morgan fingerprint density at radius 1 is 1.09 bits per heavy atom. The van der Waals surface area contributed by atoms with Crippen molar-refractivity contribution in [2.45, 2.75) is 18.0 Å². The molecule has 164 valence electrons. The standard InChI is InChI=1S/C24H23ClN4O3/c25-18-4-1-3-17-20(11-12-32-22(17)18)28-23(30)29-21-6-2-5-19(27-21)15-7-9-16(10-8-15)24(26)13-31-14-24/h1-10,20H,11-14,26H2,(H2,27,28,29,30)/t20-/m0/s1. The van der Waals surface area contributed by atoms with Crippen molar-refractivity contribution in [1.82, 2.24) is 10.3 Å². The van der Waals surface area contributed by atoms with Crippen LogP contribution in [-0.2, 0) is 10.3 Å². The van der Waals surface area contributed by atoms with E-state index in [1.54, 1.807) is 12.1 Å². The maximum Gasteiger partial charge on any atom is 0.320 e. The molecule has 3 heterocycles. The molecule has 1 aromatic heterocycles. The predicted molar refractivity (Wildman–Crippen MR) is 123 cm³/mol. The van der Waals surface area contributed by atoms with Gasteiger partial charge in [-0.1, -0.05) is 54.1 Å². The molecule has 0 bridgehead atoms. The van der Waals surface area contributed by atoms with E-state index in [0.717, 1.165) is 22.4 Å². The second kappa shape index (κ2) is 8.43. The van der Waals surface area contributed by atoms with E-state index in [1.807, 2.05) is 48.5 Å². The number of hydrogen-bond acceptors (Lipinski definition) is 5. The summed E-state index contributed by atoms with van der Waals surface area (Å²) in [6.07, 6.45) is 0.661. The normalized spacial score (nSPS) is 18.6. The minimum atomic E-state index is -0.402. The number of carbonyl (C=O) groups is 1. The summed E-state index contributed by atoms with van der Waals surface area (Å²) in [5.41, 5.74) is 9.50. The van der Waals surface area contributed by atoms with Gasteiger partial charge in [0.25, 0.3) is 0 Å². The summed E-state index contributed by atoms with van der Waals surface area (Å²) in [5, 5.41) is 6.36. The Balaban J connectivity index is 1.28. The van der Waals surface area contributed by atoms with Crippen molar-refractivity contribution in [1.29, 1.82) is 0 Å². The molecule has 1 atom stereocenters. The first kappa shape index (κ1) is 20.8. The van der Waals surface area contributed by atoms with Gasteiger partial charge in [0.1, 0.15) is 11.6 Å². The van der Waals surface area contributed by atoms with Crippen LogP contribution < -0.4 is 21.1 Å². The lowest BCUT2D eigenvalue weighted by Gasteiger charge is -2.38. The molecule has 0 saturated carbocycles. The average Bonchev–Trinajstić information content (AvgIpc) is 2.78. The van der Waals surface area contributed by atoms with Crippen LogP contribution in [0.4, 0.5) is 10.6 Å². The van der Waals surface area contributed by atoms with Gasteiger partial charge in [0.2, 0.25) is 0 Å². The Morgan fingerprint density at radius 2 is 1.88 bits per heavy atom. The van der Waals surface area contributed by atoms with Crippen LogP contribution in [-0.4, -0.2) is 30.8 Å². The van der Waals surface area contributed by atoms with E-state index in [4.69, 9.17) is 26.8 Å². The molecule has 5 rings (SSSR count). The molecule has 2 aliphatic heterocycles. The van der Waals surface area contributed by atoms with Gasteiger partial charge in [-0.3, -0.25) is 5.32 Å². The van der Waals surface area contributed by atoms with Crippen LogP contribution in [0.2, 0.25) is 5.02 Å². The number of benzene rings is 2. The van der Waals surface area contributed by atoms with Crippen LogP contribution in [0.1, 0.15) is 23.6 Å². The number of rotatable bonds is 4. The predicted octanol–water partition coefficient (Wildman–Crippen LogP) is 4.23. The van der Waals surface area contributed by atoms with E-state index in [-0.39, 0.29) is 12.1 Å². The van der Waals surface area contributed by atoms with Crippen LogP contribution in [0.25, 0.3) is 11.3 Å². The van der Waals surface area contributed by atoms with E-state index in [2.05, 4.69) is 15.6 Å². The van der Waals surface area contributed by atoms with Gasteiger partial charge in [0.15, 0.2) is 0 Å². The lowest BCUT2D eigenvalue weighted by atomic mass is 9.88. The number of halogens is 1. The van der Waals surface area contributed by atoms with E-state index in [9.17, 15) is 4.79 Å². The van der Waals surface area contributed by atoms with Gasteiger partial charge in [0.05, 0.1) is 42.1 Å². The number of nitrogens with two attached hydrogens (primary N) is 1. The van der Waals surface area contributed by atoms with Crippen molar-refractivity contribution in [3.05, 3.63) is 76.8 Å². The number of fused-ring (bicyclic) bond motifs is 1. The lowest BCUT2D eigenvalue weighted by molar-refractivity contribution is -0.0569. The molecule has 0 aliphatic carbocycles. The molecular formula is C24H23ClN4O3. The van der Waals surface area contributed by atoms with Crippen molar-refractivity contribution in [2.75, 3.05) is 25.1 Å². The molecule has 4 N–H and O–H groups in total. The van der Waals surface area contributed by atoms with Crippen molar-refractivity contribution in [3.63, 3.8) is 0 Å². The summed E-state index contributed by atoms with van der Waals surface area (Å²) in [7, 11) is 0. The zero-order valence-corrected chi connectivity index (χ0v) is 18.1. The van der Waals surface area contributed by atoms with E-state index in [0.29, 0.717) is 42.8 Å². The monoisotopic (exact) mass is 450 g/mol. The molecule has 3 aromatic rings. The fourth-order valence-electron chi connectivity index (χ4n) is 3.97. The van der Waals surface area contributed by atoms with Crippen LogP contribution in [0.15, 0.2) is 60.7 Å². The first-order valence-electron chi connectivity index (χ1n) is 10.5. The molecule has 1 saturated heterocycles. The van der Waals surface area contributed by atoms with Gasteiger partial charge >= 0.3 is 6.03 Å². The number of nitrogens with one attached hydrogen (secondary N) is 2. The molecule has 1 fully saturated rings. The third kappa shape index (κ3) is 4.02. The topological polar surface area (TPSA) is 98.5 Å². The second-order valence-electron chi connectivity index (χ2n) is 8.08. The molecule has 2 aliphatic rings. The number of pyridine rings is 1.